The summed E-state index contributed by atoms with van der Waals surface area (Å²) in [6, 6.07) is 21.7. The van der Waals surface area contributed by atoms with Crippen molar-refractivity contribution in [2.45, 2.75) is 38.8 Å². The first-order valence-electron chi connectivity index (χ1n) is 11.4. The van der Waals surface area contributed by atoms with Crippen LogP contribution in [0.5, 0.6) is 0 Å². The van der Waals surface area contributed by atoms with Crippen LogP contribution < -0.4 is 16.0 Å². The van der Waals surface area contributed by atoms with Gasteiger partial charge < -0.3 is 9.73 Å². The number of nitrogens with one attached hydrogen (secondary N) is 1. The lowest BCUT2D eigenvalue weighted by molar-refractivity contribution is -0.124. The number of nitrogens with zero attached hydrogens (tertiary/aromatic N) is 2. The Morgan fingerprint density at radius 1 is 1.00 bits per heavy atom. The highest BCUT2D eigenvalue weighted by molar-refractivity contribution is 6.06. The molecular weight excluding hydrogens is 430 g/mol. The third-order valence-corrected chi connectivity index (χ3v) is 6.26. The summed E-state index contributed by atoms with van der Waals surface area (Å²) < 4.78 is 6.75. The Hall–Kier alpha value is -4.13. The average Bonchev–Trinajstić information content (AvgIpc) is 3.18. The van der Waals surface area contributed by atoms with E-state index in [-0.39, 0.29) is 24.8 Å². The van der Waals surface area contributed by atoms with E-state index < -0.39 is 11.8 Å². The fourth-order valence-electron chi connectivity index (χ4n) is 4.52. The van der Waals surface area contributed by atoms with E-state index in [9.17, 15) is 14.4 Å². The molecule has 7 heteroatoms. The van der Waals surface area contributed by atoms with Crippen LogP contribution in [0.4, 0.5) is 11.4 Å². The molecule has 1 aromatic heterocycles. The van der Waals surface area contributed by atoms with Crippen LogP contribution in [0.1, 0.15) is 24.0 Å². The predicted molar refractivity (Wildman–Crippen MR) is 131 cm³/mol. The van der Waals surface area contributed by atoms with Crippen LogP contribution in [0, 0.1) is 6.92 Å². The lowest BCUT2D eigenvalue weighted by Gasteiger charge is -2.36. The van der Waals surface area contributed by atoms with Crippen LogP contribution in [0.25, 0.3) is 11.1 Å². The van der Waals surface area contributed by atoms with E-state index in [1.807, 2.05) is 61.5 Å². The molecule has 1 aliphatic rings. The predicted octanol–water partition coefficient (Wildman–Crippen LogP) is 4.28. The molecule has 1 unspecified atom stereocenters. The average molecular weight is 456 g/mol. The van der Waals surface area contributed by atoms with Crippen molar-refractivity contribution in [1.82, 2.24) is 4.57 Å². The summed E-state index contributed by atoms with van der Waals surface area (Å²) in [5, 5.41) is 2.95. The Morgan fingerprint density at radius 2 is 1.74 bits per heavy atom. The van der Waals surface area contributed by atoms with E-state index in [0.717, 1.165) is 16.8 Å². The number of anilines is 2. The molecule has 0 aliphatic carbocycles. The summed E-state index contributed by atoms with van der Waals surface area (Å²) in [4.78, 5) is 40.7. The number of rotatable bonds is 5. The topological polar surface area (TPSA) is 84.5 Å². The van der Waals surface area contributed by atoms with Gasteiger partial charge in [-0.2, -0.15) is 0 Å². The van der Waals surface area contributed by atoms with Crippen molar-refractivity contribution < 1.29 is 14.0 Å². The second-order valence-electron chi connectivity index (χ2n) is 8.54. The highest BCUT2D eigenvalue weighted by atomic mass is 16.4. The molecule has 0 saturated carbocycles. The lowest BCUT2D eigenvalue weighted by atomic mass is 9.94. The summed E-state index contributed by atoms with van der Waals surface area (Å²) in [5.41, 5.74) is 4.70. The zero-order valence-electron chi connectivity index (χ0n) is 18.9. The quantitative estimate of drug-likeness (QED) is 0.487. The third-order valence-electron chi connectivity index (χ3n) is 6.26. The van der Waals surface area contributed by atoms with Crippen molar-refractivity contribution >= 4 is 34.3 Å². The minimum Gasteiger partial charge on any atom is -0.408 e. The maximum absolute atomic E-state index is 13.5. The molecule has 0 fully saturated rings. The fraction of sp³-hybridized carbons (Fsp3) is 0.222. The number of aryl methyl sites for hydroxylation is 3. The molecule has 1 aliphatic heterocycles. The van der Waals surface area contributed by atoms with E-state index in [4.69, 9.17) is 4.42 Å². The van der Waals surface area contributed by atoms with Crippen LogP contribution in [0.15, 0.2) is 82.0 Å². The summed E-state index contributed by atoms with van der Waals surface area (Å²) in [5.74, 6) is -0.937. The second-order valence-corrected chi connectivity index (χ2v) is 8.54. The monoisotopic (exact) mass is 455 g/mol. The SMILES string of the molecule is Cc1ccc(NC(=O)C2CCc3ccccc3N2C(=O)CCn2c(=O)oc3ccccc32)cc1. The summed E-state index contributed by atoms with van der Waals surface area (Å²) in [6.45, 7) is 2.15. The van der Waals surface area contributed by atoms with Gasteiger partial charge in [-0.05, 0) is 55.7 Å². The van der Waals surface area contributed by atoms with E-state index >= 15 is 0 Å². The number of hydrogen-bond acceptors (Lipinski definition) is 4. The first-order valence-corrected chi connectivity index (χ1v) is 11.4. The first kappa shape index (κ1) is 21.7. The number of benzene rings is 3. The van der Waals surface area contributed by atoms with Crippen molar-refractivity contribution in [3.05, 3.63) is 94.5 Å². The Morgan fingerprint density at radius 3 is 2.56 bits per heavy atom. The van der Waals surface area contributed by atoms with Gasteiger partial charge in [-0.15, -0.1) is 0 Å². The van der Waals surface area contributed by atoms with E-state index in [2.05, 4.69) is 5.32 Å². The molecule has 1 N–H and O–H groups in total. The zero-order valence-corrected chi connectivity index (χ0v) is 18.9. The van der Waals surface area contributed by atoms with Crippen LogP contribution in [-0.4, -0.2) is 22.4 Å². The van der Waals surface area contributed by atoms with E-state index in [1.165, 1.54) is 4.57 Å². The Kier molecular flexibility index (Phi) is 5.76. The molecule has 4 aromatic rings. The molecule has 0 saturated heterocycles. The maximum Gasteiger partial charge on any atom is 0.419 e. The number of aromatic nitrogens is 1. The van der Waals surface area contributed by atoms with Crippen LogP contribution >= 0.6 is 0 Å². The standard InChI is InChI=1S/C27H25N3O4/c1-18-10-13-20(14-11-18)28-26(32)23-15-12-19-6-2-3-7-21(19)30(23)25(31)16-17-29-22-8-4-5-9-24(22)34-27(29)33/h2-11,13-14,23H,12,15-17H2,1H3,(H,28,32). The maximum atomic E-state index is 13.5. The molecule has 3 aromatic carbocycles. The number of fused-ring (bicyclic) bond motifs is 2. The molecule has 172 valence electrons. The van der Waals surface area contributed by atoms with Gasteiger partial charge in [-0.3, -0.25) is 19.1 Å². The normalized spacial score (nSPS) is 15.2. The van der Waals surface area contributed by atoms with Gasteiger partial charge >= 0.3 is 5.76 Å². The number of carbonyl (C=O) groups is 2. The molecule has 0 radical (unpaired) electrons. The first-order chi connectivity index (χ1) is 16.5. The highest BCUT2D eigenvalue weighted by Gasteiger charge is 2.35. The molecule has 0 spiro atoms. The molecule has 1 atom stereocenters. The van der Waals surface area contributed by atoms with Gasteiger partial charge in [0.05, 0.1) is 5.52 Å². The number of oxazole rings is 1. The van der Waals surface area contributed by atoms with E-state index in [0.29, 0.717) is 29.6 Å². The Labute approximate surface area is 196 Å². The van der Waals surface area contributed by atoms with Gasteiger partial charge in [0.2, 0.25) is 11.8 Å². The second kappa shape index (κ2) is 9.02. The van der Waals surface area contributed by atoms with Gasteiger partial charge in [0.25, 0.3) is 0 Å². The lowest BCUT2D eigenvalue weighted by Crippen LogP contribution is -2.50. The van der Waals surface area contributed by atoms with Crippen molar-refractivity contribution in [3.63, 3.8) is 0 Å². The number of carbonyl (C=O) groups excluding carboxylic acids is 2. The summed E-state index contributed by atoms with van der Waals surface area (Å²) >= 11 is 0. The highest BCUT2D eigenvalue weighted by Crippen LogP contribution is 2.32. The summed E-state index contributed by atoms with van der Waals surface area (Å²) in [6.07, 6.45) is 1.29. The van der Waals surface area contributed by atoms with Gasteiger partial charge in [0.1, 0.15) is 6.04 Å². The Bertz CT molecular complexity index is 1420. The minimum absolute atomic E-state index is 0.0616. The number of amides is 2. The smallest absolute Gasteiger partial charge is 0.408 e. The van der Waals surface area contributed by atoms with Crippen molar-refractivity contribution in [1.29, 1.82) is 0 Å². The molecule has 2 heterocycles. The van der Waals surface area contributed by atoms with Crippen LogP contribution in [0.2, 0.25) is 0 Å². The van der Waals surface area contributed by atoms with E-state index in [1.54, 1.807) is 23.1 Å². The largest absolute Gasteiger partial charge is 0.419 e. The van der Waals surface area contributed by atoms with Crippen molar-refractivity contribution in [2.75, 3.05) is 10.2 Å². The summed E-state index contributed by atoms with van der Waals surface area (Å²) in [7, 11) is 0. The van der Waals surface area contributed by atoms with Gasteiger partial charge in [-0.1, -0.05) is 48.0 Å². The van der Waals surface area contributed by atoms with Crippen LogP contribution in [0.3, 0.4) is 0 Å². The molecule has 34 heavy (non-hydrogen) atoms. The molecule has 2 amide bonds. The van der Waals surface area contributed by atoms with Crippen molar-refractivity contribution in [3.8, 4) is 0 Å². The van der Waals surface area contributed by atoms with Gasteiger partial charge in [-0.25, -0.2) is 4.79 Å². The third kappa shape index (κ3) is 4.12. The number of para-hydroxylation sites is 3. The van der Waals surface area contributed by atoms with Gasteiger partial charge in [0.15, 0.2) is 5.58 Å². The molecule has 5 rings (SSSR count). The minimum atomic E-state index is -0.637. The van der Waals surface area contributed by atoms with Gasteiger partial charge in [0, 0.05) is 24.3 Å². The molecule has 7 nitrogen and oxygen atoms in total. The molecule has 0 bridgehead atoms. The van der Waals surface area contributed by atoms with Crippen molar-refractivity contribution in [2.24, 2.45) is 0 Å². The zero-order chi connectivity index (χ0) is 23.7. The van der Waals surface area contributed by atoms with Crippen LogP contribution in [-0.2, 0) is 22.6 Å². The number of hydrogen-bond donors (Lipinski definition) is 1. The Balaban J connectivity index is 1.41. The molecular formula is C27H25N3O4. The fourth-order valence-corrected chi connectivity index (χ4v) is 4.52.